The molecule has 0 N–H and O–H groups in total. The summed E-state index contributed by atoms with van der Waals surface area (Å²) in [5.74, 6) is 0.763. The molecule has 0 bridgehead atoms. The molecule has 0 saturated carbocycles. The van der Waals surface area contributed by atoms with E-state index < -0.39 is 0 Å². The van der Waals surface area contributed by atoms with Crippen molar-refractivity contribution >= 4 is 11.8 Å². The number of aryl methyl sites for hydroxylation is 1. The Balaban J connectivity index is 1.23. The molecule has 2 saturated heterocycles. The lowest BCUT2D eigenvalue weighted by Crippen LogP contribution is -2.39. The van der Waals surface area contributed by atoms with Gasteiger partial charge in [0.1, 0.15) is 11.6 Å². The molecule has 32 heavy (non-hydrogen) atoms. The van der Waals surface area contributed by atoms with Gasteiger partial charge in [0.25, 0.3) is 11.8 Å². The van der Waals surface area contributed by atoms with Crippen molar-refractivity contribution in [3.05, 3.63) is 65.0 Å². The first-order valence-corrected chi connectivity index (χ1v) is 11.6. The fourth-order valence-corrected chi connectivity index (χ4v) is 4.40. The topological polar surface area (TPSA) is 49.9 Å². The van der Waals surface area contributed by atoms with Crippen LogP contribution in [0.5, 0.6) is 5.75 Å². The van der Waals surface area contributed by atoms with Crippen LogP contribution in [-0.2, 0) is 0 Å². The number of halogens is 1. The molecule has 0 aliphatic carbocycles. The van der Waals surface area contributed by atoms with Crippen molar-refractivity contribution in [2.45, 2.75) is 39.0 Å². The number of benzene rings is 2. The number of carbonyl (C=O) groups excluding carboxylic acids is 2. The molecule has 0 atom stereocenters. The minimum atomic E-state index is -0.345. The average Bonchev–Trinajstić information content (AvgIpc) is 2.85. The zero-order valence-electron chi connectivity index (χ0n) is 18.7. The summed E-state index contributed by atoms with van der Waals surface area (Å²) in [5, 5.41) is 0. The van der Waals surface area contributed by atoms with Crippen LogP contribution in [0.1, 0.15) is 58.4 Å². The lowest BCUT2D eigenvalue weighted by molar-refractivity contribution is 0.0659. The predicted molar refractivity (Wildman–Crippen MR) is 121 cm³/mol. The predicted octanol–water partition coefficient (Wildman–Crippen LogP) is 4.69. The van der Waals surface area contributed by atoms with Crippen molar-refractivity contribution < 1.29 is 18.7 Å². The van der Waals surface area contributed by atoms with Gasteiger partial charge in [0.05, 0.1) is 6.61 Å². The maximum Gasteiger partial charge on any atom is 0.253 e. The Labute approximate surface area is 189 Å². The fraction of sp³-hybridized carbons (Fsp3) is 0.462. The van der Waals surface area contributed by atoms with Crippen molar-refractivity contribution in [3.63, 3.8) is 0 Å². The number of piperidine rings is 2. The van der Waals surface area contributed by atoms with E-state index in [2.05, 4.69) is 0 Å². The molecule has 0 spiro atoms. The van der Waals surface area contributed by atoms with E-state index in [4.69, 9.17) is 4.74 Å². The van der Waals surface area contributed by atoms with Gasteiger partial charge in [-0.3, -0.25) is 9.59 Å². The third kappa shape index (κ3) is 5.29. The van der Waals surface area contributed by atoms with E-state index in [1.165, 1.54) is 12.5 Å². The quantitative estimate of drug-likeness (QED) is 0.680. The third-order valence-corrected chi connectivity index (χ3v) is 6.55. The summed E-state index contributed by atoms with van der Waals surface area (Å²) in [7, 11) is 0. The molecule has 2 aliphatic rings. The summed E-state index contributed by atoms with van der Waals surface area (Å²) in [5.41, 5.74) is 1.65. The largest absolute Gasteiger partial charge is 0.493 e. The van der Waals surface area contributed by atoms with Gasteiger partial charge < -0.3 is 14.5 Å². The molecule has 6 heteroatoms. The molecule has 2 fully saturated rings. The number of hydrogen-bond acceptors (Lipinski definition) is 3. The van der Waals surface area contributed by atoms with Crippen LogP contribution in [0.2, 0.25) is 0 Å². The number of hydrogen-bond donors (Lipinski definition) is 0. The highest BCUT2D eigenvalue weighted by Crippen LogP contribution is 2.22. The highest BCUT2D eigenvalue weighted by molar-refractivity contribution is 5.94. The van der Waals surface area contributed by atoms with Crippen LogP contribution in [-0.4, -0.2) is 54.4 Å². The lowest BCUT2D eigenvalue weighted by atomic mass is 9.97. The summed E-state index contributed by atoms with van der Waals surface area (Å²) in [6, 6.07) is 12.1. The number of amides is 2. The first-order valence-electron chi connectivity index (χ1n) is 11.6. The molecule has 5 nitrogen and oxygen atoms in total. The summed E-state index contributed by atoms with van der Waals surface area (Å²) < 4.78 is 19.7. The van der Waals surface area contributed by atoms with E-state index in [1.54, 1.807) is 24.0 Å². The second-order valence-electron chi connectivity index (χ2n) is 8.89. The van der Waals surface area contributed by atoms with Crippen LogP contribution in [0.25, 0.3) is 0 Å². The van der Waals surface area contributed by atoms with Crippen LogP contribution >= 0.6 is 0 Å². The molecular formula is C26H31FN2O3. The van der Waals surface area contributed by atoms with Crippen LogP contribution in [0.15, 0.2) is 42.5 Å². The Hall–Kier alpha value is -2.89. The van der Waals surface area contributed by atoms with Gasteiger partial charge >= 0.3 is 0 Å². The Morgan fingerprint density at radius 2 is 1.47 bits per heavy atom. The molecule has 2 aromatic carbocycles. The standard InChI is InChI=1S/C26H31FN2O3/c1-19-5-6-22(17-24(19)27)26(31)29-15-11-20(12-16-29)18-32-23-9-7-21(8-10-23)25(30)28-13-3-2-4-14-28/h5-10,17,20H,2-4,11-16,18H2,1H3. The summed E-state index contributed by atoms with van der Waals surface area (Å²) in [6.45, 7) is 5.25. The van der Waals surface area contributed by atoms with E-state index in [9.17, 15) is 14.0 Å². The zero-order chi connectivity index (χ0) is 22.5. The molecule has 2 amide bonds. The first kappa shape index (κ1) is 22.3. The number of carbonyl (C=O) groups is 2. The molecule has 2 aliphatic heterocycles. The summed E-state index contributed by atoms with van der Waals surface area (Å²) in [6.07, 6.45) is 5.07. The number of nitrogens with zero attached hydrogens (tertiary/aromatic N) is 2. The van der Waals surface area contributed by atoms with Crippen molar-refractivity contribution in [2.24, 2.45) is 5.92 Å². The van der Waals surface area contributed by atoms with Crippen molar-refractivity contribution in [2.75, 3.05) is 32.8 Å². The van der Waals surface area contributed by atoms with E-state index in [1.807, 2.05) is 29.2 Å². The van der Waals surface area contributed by atoms with Crippen LogP contribution in [0.3, 0.4) is 0 Å². The lowest BCUT2D eigenvalue weighted by Gasteiger charge is -2.32. The average molecular weight is 439 g/mol. The number of likely N-dealkylation sites (tertiary alicyclic amines) is 2. The minimum absolute atomic E-state index is 0.0988. The second kappa shape index (κ2) is 10.2. The van der Waals surface area contributed by atoms with E-state index >= 15 is 0 Å². The molecule has 4 rings (SSSR count). The second-order valence-corrected chi connectivity index (χ2v) is 8.89. The summed E-state index contributed by atoms with van der Waals surface area (Å²) in [4.78, 5) is 28.9. The van der Waals surface area contributed by atoms with Crippen LogP contribution in [0, 0.1) is 18.7 Å². The van der Waals surface area contributed by atoms with Crippen molar-refractivity contribution in [3.8, 4) is 5.75 Å². The van der Waals surface area contributed by atoms with Gasteiger partial charge in [-0.05, 0) is 86.9 Å². The SMILES string of the molecule is Cc1ccc(C(=O)N2CCC(COc3ccc(C(=O)N4CCCCC4)cc3)CC2)cc1F. The Morgan fingerprint density at radius 3 is 2.12 bits per heavy atom. The van der Waals surface area contributed by atoms with E-state index in [0.717, 1.165) is 44.5 Å². The number of ether oxygens (including phenoxy) is 1. The molecule has 0 radical (unpaired) electrons. The van der Waals surface area contributed by atoms with Crippen LogP contribution in [0.4, 0.5) is 4.39 Å². The minimum Gasteiger partial charge on any atom is -0.493 e. The Kier molecular flexibility index (Phi) is 7.08. The van der Waals surface area contributed by atoms with Gasteiger partial charge in [0.15, 0.2) is 0 Å². The molecule has 0 aromatic heterocycles. The normalized spacial score (nSPS) is 17.3. The van der Waals surface area contributed by atoms with Gasteiger partial charge in [0, 0.05) is 37.3 Å². The smallest absolute Gasteiger partial charge is 0.253 e. The molecule has 170 valence electrons. The molecule has 0 unspecified atom stereocenters. The highest BCUT2D eigenvalue weighted by Gasteiger charge is 2.24. The molecule has 2 aromatic rings. The zero-order valence-corrected chi connectivity index (χ0v) is 18.7. The third-order valence-electron chi connectivity index (χ3n) is 6.55. The highest BCUT2D eigenvalue weighted by atomic mass is 19.1. The first-order chi connectivity index (χ1) is 15.5. The van der Waals surface area contributed by atoms with Gasteiger partial charge in [-0.2, -0.15) is 0 Å². The van der Waals surface area contributed by atoms with E-state index in [-0.39, 0.29) is 17.6 Å². The summed E-state index contributed by atoms with van der Waals surface area (Å²) >= 11 is 0. The van der Waals surface area contributed by atoms with E-state index in [0.29, 0.717) is 42.3 Å². The van der Waals surface area contributed by atoms with Crippen molar-refractivity contribution in [1.82, 2.24) is 9.80 Å². The van der Waals surface area contributed by atoms with Gasteiger partial charge in [-0.1, -0.05) is 6.07 Å². The number of rotatable bonds is 5. The fourth-order valence-electron chi connectivity index (χ4n) is 4.40. The Bertz CT molecular complexity index is 946. The van der Waals surface area contributed by atoms with Gasteiger partial charge in [0.2, 0.25) is 0 Å². The molecular weight excluding hydrogens is 407 g/mol. The Morgan fingerprint density at radius 1 is 0.875 bits per heavy atom. The van der Waals surface area contributed by atoms with Gasteiger partial charge in [-0.25, -0.2) is 4.39 Å². The maximum atomic E-state index is 13.8. The molecule has 2 heterocycles. The van der Waals surface area contributed by atoms with Crippen LogP contribution < -0.4 is 4.74 Å². The van der Waals surface area contributed by atoms with Crippen molar-refractivity contribution in [1.29, 1.82) is 0 Å². The monoisotopic (exact) mass is 438 g/mol. The van der Waals surface area contributed by atoms with Gasteiger partial charge in [-0.15, -0.1) is 0 Å². The maximum absolute atomic E-state index is 13.8.